The number of carbonyl (C=O) groups is 1. The van der Waals surface area contributed by atoms with Crippen LogP contribution in [0.15, 0.2) is 36.4 Å². The Hall–Kier alpha value is -1.81. The van der Waals surface area contributed by atoms with Gasteiger partial charge in [-0.15, -0.1) is 0 Å². The number of aliphatic hydroxyl groups excluding tert-OH is 1. The van der Waals surface area contributed by atoms with Crippen molar-refractivity contribution in [3.8, 4) is 6.07 Å². The number of Topliss-reactive ketones (excluding diaryl/α,β-unsaturated/α-hetero) is 1. The molecular weight excluding hydrogens is 433 g/mol. The number of hydrogen-bond acceptors (Lipinski definition) is 5. The highest BCUT2D eigenvalue weighted by molar-refractivity contribution is 6.33. The number of nitriles is 1. The van der Waals surface area contributed by atoms with Gasteiger partial charge in [0.05, 0.1) is 10.6 Å². The molecule has 8 heteroatoms. The van der Waals surface area contributed by atoms with Crippen LogP contribution in [0.2, 0.25) is 15.1 Å². The Balaban J connectivity index is 2.15. The molecule has 2 aromatic carbocycles. The lowest BCUT2D eigenvalue weighted by atomic mass is 9.86. The molecule has 0 saturated carbocycles. The molecule has 0 bridgehead atoms. The van der Waals surface area contributed by atoms with Crippen molar-refractivity contribution in [2.75, 3.05) is 18.0 Å². The van der Waals surface area contributed by atoms with Crippen LogP contribution in [0.4, 0.5) is 5.69 Å². The van der Waals surface area contributed by atoms with Crippen molar-refractivity contribution in [3.63, 3.8) is 0 Å². The first-order chi connectivity index (χ1) is 13.8. The third-order valence-electron chi connectivity index (χ3n) is 5.21. The summed E-state index contributed by atoms with van der Waals surface area (Å²) in [7, 11) is 0. The normalized spacial score (nSPS) is 19.6. The molecule has 0 unspecified atom stereocenters. The zero-order valence-corrected chi connectivity index (χ0v) is 18.0. The zero-order chi connectivity index (χ0) is 21.2. The van der Waals surface area contributed by atoms with Crippen LogP contribution in [0.25, 0.3) is 0 Å². The SMILES string of the molecule is C[C@@H](O)C(=O)[C@]1(N(Cc2cc(Cl)ccc2Cl)c2ccc(C#N)c(Cl)c2)CCNC1. The molecule has 1 aliphatic heterocycles. The van der Waals surface area contributed by atoms with Gasteiger partial charge < -0.3 is 15.3 Å². The number of hydrogen-bond donors (Lipinski definition) is 2. The van der Waals surface area contributed by atoms with E-state index >= 15 is 0 Å². The molecule has 2 atom stereocenters. The summed E-state index contributed by atoms with van der Waals surface area (Å²) in [5.74, 6) is -0.291. The van der Waals surface area contributed by atoms with Gasteiger partial charge in [-0.25, -0.2) is 0 Å². The fraction of sp³-hybridized carbons (Fsp3) is 0.333. The van der Waals surface area contributed by atoms with Gasteiger partial charge in [-0.3, -0.25) is 4.79 Å². The summed E-state index contributed by atoms with van der Waals surface area (Å²) in [6, 6.07) is 12.2. The Bertz CT molecular complexity index is 966. The first-order valence-corrected chi connectivity index (χ1v) is 10.3. The maximum atomic E-state index is 13.2. The topological polar surface area (TPSA) is 76.4 Å². The van der Waals surface area contributed by atoms with E-state index in [1.165, 1.54) is 6.92 Å². The van der Waals surface area contributed by atoms with Crippen LogP contribution in [0, 0.1) is 11.3 Å². The van der Waals surface area contributed by atoms with E-state index in [-0.39, 0.29) is 17.4 Å². The zero-order valence-electron chi connectivity index (χ0n) is 15.8. The van der Waals surface area contributed by atoms with Gasteiger partial charge >= 0.3 is 0 Å². The number of halogens is 3. The number of benzene rings is 2. The van der Waals surface area contributed by atoms with Crippen LogP contribution >= 0.6 is 34.8 Å². The standard InChI is InChI=1S/C21H20Cl3N3O2/c1-13(28)20(29)21(6-7-26-12-21)27(11-15-8-16(22)3-5-18(15)23)17-4-2-14(10-25)19(24)9-17/h2-5,8-9,13,26,28H,6-7,11-12H2,1H3/t13-,21+/m1/s1. The van der Waals surface area contributed by atoms with Crippen molar-refractivity contribution >= 4 is 46.3 Å². The molecule has 152 valence electrons. The fourth-order valence-corrected chi connectivity index (χ4v) is 4.32. The quantitative estimate of drug-likeness (QED) is 0.687. The molecule has 1 saturated heterocycles. The molecule has 29 heavy (non-hydrogen) atoms. The Morgan fingerprint density at radius 1 is 1.28 bits per heavy atom. The Morgan fingerprint density at radius 2 is 2.03 bits per heavy atom. The van der Waals surface area contributed by atoms with Crippen LogP contribution in [0.5, 0.6) is 0 Å². The summed E-state index contributed by atoms with van der Waals surface area (Å²) in [6.45, 7) is 2.75. The second kappa shape index (κ2) is 8.91. The van der Waals surface area contributed by atoms with E-state index < -0.39 is 11.6 Å². The molecule has 2 aromatic rings. The minimum atomic E-state index is -1.14. The largest absolute Gasteiger partial charge is 0.386 e. The van der Waals surface area contributed by atoms with Gasteiger partial charge in [-0.2, -0.15) is 5.26 Å². The molecule has 2 N–H and O–H groups in total. The molecule has 0 aliphatic carbocycles. The van der Waals surface area contributed by atoms with E-state index in [4.69, 9.17) is 34.8 Å². The van der Waals surface area contributed by atoms with E-state index in [2.05, 4.69) is 5.32 Å². The van der Waals surface area contributed by atoms with E-state index in [0.717, 1.165) is 5.56 Å². The number of anilines is 1. The first-order valence-electron chi connectivity index (χ1n) is 9.13. The number of nitrogens with one attached hydrogen (secondary N) is 1. The minimum Gasteiger partial charge on any atom is -0.386 e. The highest BCUT2D eigenvalue weighted by Crippen LogP contribution is 2.36. The monoisotopic (exact) mass is 451 g/mol. The maximum Gasteiger partial charge on any atom is 0.187 e. The summed E-state index contributed by atoms with van der Waals surface area (Å²) >= 11 is 18.8. The van der Waals surface area contributed by atoms with Crippen molar-refractivity contribution < 1.29 is 9.90 Å². The van der Waals surface area contributed by atoms with Crippen LogP contribution < -0.4 is 10.2 Å². The van der Waals surface area contributed by atoms with Crippen molar-refractivity contribution in [1.82, 2.24) is 5.32 Å². The maximum absolute atomic E-state index is 13.2. The molecular formula is C21H20Cl3N3O2. The van der Waals surface area contributed by atoms with Crippen LogP contribution in [0.3, 0.4) is 0 Å². The first kappa shape index (κ1) is 21.9. The number of ketones is 1. The van der Waals surface area contributed by atoms with Gasteiger partial charge in [0.15, 0.2) is 5.78 Å². The minimum absolute atomic E-state index is 0.280. The number of aliphatic hydroxyl groups is 1. The molecule has 0 spiro atoms. The second-order valence-electron chi connectivity index (χ2n) is 7.10. The number of nitrogens with zero attached hydrogens (tertiary/aromatic N) is 2. The molecule has 1 heterocycles. The lowest BCUT2D eigenvalue weighted by Gasteiger charge is -2.42. The molecule has 0 radical (unpaired) electrons. The van der Waals surface area contributed by atoms with E-state index in [1.54, 1.807) is 36.4 Å². The van der Waals surface area contributed by atoms with Gasteiger partial charge in [-0.1, -0.05) is 34.8 Å². The van der Waals surface area contributed by atoms with Crippen LogP contribution in [-0.2, 0) is 11.3 Å². The van der Waals surface area contributed by atoms with Gasteiger partial charge in [-0.05, 0) is 61.9 Å². The average Bonchev–Trinajstić information content (AvgIpc) is 3.18. The Morgan fingerprint density at radius 3 is 2.62 bits per heavy atom. The van der Waals surface area contributed by atoms with Crippen LogP contribution in [0.1, 0.15) is 24.5 Å². The highest BCUT2D eigenvalue weighted by atomic mass is 35.5. The third kappa shape index (κ3) is 4.37. The lowest BCUT2D eigenvalue weighted by molar-refractivity contribution is -0.131. The number of rotatable bonds is 6. The average molecular weight is 453 g/mol. The predicted octanol–water partition coefficient (Wildman–Crippen LogP) is 4.21. The smallest absolute Gasteiger partial charge is 0.187 e. The fourth-order valence-electron chi connectivity index (χ4n) is 3.73. The molecule has 0 amide bonds. The van der Waals surface area contributed by atoms with Gasteiger partial charge in [0.25, 0.3) is 0 Å². The van der Waals surface area contributed by atoms with Crippen molar-refractivity contribution in [2.24, 2.45) is 0 Å². The summed E-state index contributed by atoms with van der Waals surface area (Å²) in [4.78, 5) is 15.1. The Kier molecular flexibility index (Phi) is 6.72. The summed E-state index contributed by atoms with van der Waals surface area (Å²) < 4.78 is 0. The van der Waals surface area contributed by atoms with E-state index in [1.807, 2.05) is 11.0 Å². The van der Waals surface area contributed by atoms with Crippen molar-refractivity contribution in [2.45, 2.75) is 31.5 Å². The summed E-state index contributed by atoms with van der Waals surface area (Å²) in [5.41, 5.74) is 0.751. The third-order valence-corrected chi connectivity index (χ3v) is 6.13. The van der Waals surface area contributed by atoms with Gasteiger partial charge in [0.2, 0.25) is 0 Å². The summed E-state index contributed by atoms with van der Waals surface area (Å²) in [6.07, 6.45) is -0.631. The second-order valence-corrected chi connectivity index (χ2v) is 8.35. The van der Waals surface area contributed by atoms with Crippen molar-refractivity contribution in [3.05, 3.63) is 62.6 Å². The molecule has 3 rings (SSSR count). The van der Waals surface area contributed by atoms with E-state index in [9.17, 15) is 15.2 Å². The molecule has 1 aliphatic rings. The highest BCUT2D eigenvalue weighted by Gasteiger charge is 2.48. The molecule has 5 nitrogen and oxygen atoms in total. The van der Waals surface area contributed by atoms with E-state index in [0.29, 0.717) is 40.8 Å². The van der Waals surface area contributed by atoms with Crippen LogP contribution in [-0.4, -0.2) is 35.6 Å². The Labute approximate surface area is 184 Å². The number of carbonyl (C=O) groups excluding carboxylic acids is 1. The summed E-state index contributed by atoms with van der Waals surface area (Å²) in [5, 5.41) is 23.9. The van der Waals surface area contributed by atoms with Gasteiger partial charge in [0, 0.05) is 28.8 Å². The predicted molar refractivity (Wildman–Crippen MR) is 116 cm³/mol. The van der Waals surface area contributed by atoms with Crippen molar-refractivity contribution in [1.29, 1.82) is 5.26 Å². The van der Waals surface area contributed by atoms with Gasteiger partial charge in [0.1, 0.15) is 17.7 Å². The molecule has 0 aromatic heterocycles. The molecule has 1 fully saturated rings. The lowest BCUT2D eigenvalue weighted by Crippen LogP contribution is -2.59.